The zero-order valence-corrected chi connectivity index (χ0v) is 14.3. The highest BCUT2D eigenvalue weighted by Gasteiger charge is 2.05. The van der Waals surface area contributed by atoms with Gasteiger partial charge in [-0.1, -0.05) is 38.1 Å². The zero-order chi connectivity index (χ0) is 13.4. The summed E-state index contributed by atoms with van der Waals surface area (Å²) in [7, 11) is 1.68. The molecule has 0 atom stereocenters. The number of nitrogens with one attached hydrogen (secondary N) is 1. The number of hydrogen-bond donors (Lipinski definition) is 2. The van der Waals surface area contributed by atoms with Crippen molar-refractivity contribution in [2.75, 3.05) is 20.1 Å². The first-order valence-electron chi connectivity index (χ1n) is 6.46. The highest BCUT2D eigenvalue weighted by atomic mass is 127. The van der Waals surface area contributed by atoms with Crippen molar-refractivity contribution in [2.45, 2.75) is 26.9 Å². The highest BCUT2D eigenvalue weighted by Crippen LogP contribution is 2.11. The Bertz CT molecular complexity index is 389. The van der Waals surface area contributed by atoms with Crippen LogP contribution < -0.4 is 11.1 Å². The molecule has 0 bridgehead atoms. The van der Waals surface area contributed by atoms with Crippen LogP contribution in [0.1, 0.15) is 25.0 Å². The van der Waals surface area contributed by atoms with Crippen molar-refractivity contribution in [3.05, 3.63) is 35.4 Å². The molecular weight excluding hydrogens is 351 g/mol. The van der Waals surface area contributed by atoms with Crippen LogP contribution in [0.25, 0.3) is 0 Å². The second kappa shape index (κ2) is 10.0. The second-order valence-corrected chi connectivity index (χ2v) is 4.19. The number of hydrogen-bond acceptors (Lipinski definition) is 2. The summed E-state index contributed by atoms with van der Waals surface area (Å²) < 4.78 is 0. The van der Waals surface area contributed by atoms with E-state index in [0.717, 1.165) is 26.2 Å². The monoisotopic (exact) mass is 376 g/mol. The molecule has 0 fully saturated rings. The third kappa shape index (κ3) is 6.24. The van der Waals surface area contributed by atoms with Gasteiger partial charge in [-0.2, -0.15) is 0 Å². The molecule has 19 heavy (non-hydrogen) atoms. The molecule has 0 aliphatic rings. The van der Waals surface area contributed by atoms with Crippen molar-refractivity contribution in [3.63, 3.8) is 0 Å². The van der Waals surface area contributed by atoms with Gasteiger partial charge in [0.1, 0.15) is 0 Å². The van der Waals surface area contributed by atoms with Gasteiger partial charge in [-0.15, -0.1) is 24.0 Å². The number of aliphatic imine (C=N–C) groups is 1. The molecule has 1 aromatic carbocycles. The molecular formula is C14H25IN4. The normalized spacial score (nSPS) is 11.3. The van der Waals surface area contributed by atoms with Crippen molar-refractivity contribution < 1.29 is 0 Å². The fourth-order valence-corrected chi connectivity index (χ4v) is 1.84. The SMILES string of the molecule is CCN(CC)Cc1ccccc1CNC(N)=NC.I. The van der Waals surface area contributed by atoms with Crippen LogP contribution >= 0.6 is 24.0 Å². The van der Waals surface area contributed by atoms with Gasteiger partial charge in [-0.25, -0.2) is 0 Å². The third-order valence-corrected chi connectivity index (χ3v) is 3.11. The second-order valence-electron chi connectivity index (χ2n) is 4.19. The Balaban J connectivity index is 0.00000324. The number of benzene rings is 1. The van der Waals surface area contributed by atoms with Gasteiger partial charge in [-0.3, -0.25) is 9.89 Å². The minimum atomic E-state index is 0. The van der Waals surface area contributed by atoms with Crippen LogP contribution in [-0.2, 0) is 13.1 Å². The topological polar surface area (TPSA) is 53.6 Å². The molecule has 0 radical (unpaired) electrons. The molecule has 0 aromatic heterocycles. The van der Waals surface area contributed by atoms with Crippen molar-refractivity contribution in [1.82, 2.24) is 10.2 Å². The molecule has 0 saturated carbocycles. The Labute approximate surface area is 133 Å². The maximum Gasteiger partial charge on any atom is 0.188 e. The van der Waals surface area contributed by atoms with Gasteiger partial charge in [0.05, 0.1) is 0 Å². The minimum Gasteiger partial charge on any atom is -0.370 e. The first-order chi connectivity index (χ1) is 8.71. The lowest BCUT2D eigenvalue weighted by Gasteiger charge is -2.20. The quantitative estimate of drug-likeness (QED) is 0.455. The molecule has 0 aliphatic carbocycles. The lowest BCUT2D eigenvalue weighted by molar-refractivity contribution is 0.295. The average molecular weight is 376 g/mol. The van der Waals surface area contributed by atoms with Crippen LogP contribution in [-0.4, -0.2) is 31.0 Å². The van der Waals surface area contributed by atoms with E-state index < -0.39 is 0 Å². The molecule has 108 valence electrons. The van der Waals surface area contributed by atoms with Crippen LogP contribution in [0.3, 0.4) is 0 Å². The Morgan fingerprint density at radius 2 is 1.79 bits per heavy atom. The van der Waals surface area contributed by atoms with Crippen LogP contribution in [0, 0.1) is 0 Å². The molecule has 1 aromatic rings. The van der Waals surface area contributed by atoms with Gasteiger partial charge >= 0.3 is 0 Å². The average Bonchev–Trinajstić information content (AvgIpc) is 2.43. The van der Waals surface area contributed by atoms with Gasteiger partial charge in [0, 0.05) is 20.1 Å². The van der Waals surface area contributed by atoms with E-state index in [9.17, 15) is 0 Å². The Kier molecular flexibility index (Phi) is 9.59. The number of halogens is 1. The summed E-state index contributed by atoms with van der Waals surface area (Å²) in [6.45, 7) is 8.21. The van der Waals surface area contributed by atoms with Crippen molar-refractivity contribution in [1.29, 1.82) is 0 Å². The molecule has 0 amide bonds. The maximum atomic E-state index is 5.65. The Morgan fingerprint density at radius 1 is 1.21 bits per heavy atom. The standard InChI is InChI=1S/C14H24N4.HI/c1-4-18(5-2)11-13-9-7-6-8-12(13)10-17-14(15)16-3;/h6-9H,4-5,10-11H2,1-3H3,(H3,15,16,17);1H. The van der Waals surface area contributed by atoms with Crippen LogP contribution in [0.2, 0.25) is 0 Å². The van der Waals surface area contributed by atoms with E-state index in [0.29, 0.717) is 5.96 Å². The van der Waals surface area contributed by atoms with E-state index in [2.05, 4.69) is 53.3 Å². The Morgan fingerprint density at radius 3 is 2.32 bits per heavy atom. The van der Waals surface area contributed by atoms with E-state index in [4.69, 9.17) is 5.73 Å². The summed E-state index contributed by atoms with van der Waals surface area (Å²) in [5.74, 6) is 0.479. The van der Waals surface area contributed by atoms with E-state index in [1.807, 2.05) is 0 Å². The fraction of sp³-hybridized carbons (Fsp3) is 0.500. The number of nitrogens with zero attached hydrogens (tertiary/aromatic N) is 2. The predicted octanol–water partition coefficient (Wildman–Crippen LogP) is 2.18. The van der Waals surface area contributed by atoms with Gasteiger partial charge in [0.2, 0.25) is 0 Å². The van der Waals surface area contributed by atoms with Crippen LogP contribution in [0.5, 0.6) is 0 Å². The van der Waals surface area contributed by atoms with Gasteiger partial charge in [0.25, 0.3) is 0 Å². The Hall–Kier alpha value is -0.820. The van der Waals surface area contributed by atoms with Crippen molar-refractivity contribution in [2.24, 2.45) is 10.7 Å². The van der Waals surface area contributed by atoms with Gasteiger partial charge < -0.3 is 11.1 Å². The maximum absolute atomic E-state index is 5.65. The van der Waals surface area contributed by atoms with Crippen molar-refractivity contribution >= 4 is 29.9 Å². The molecule has 0 spiro atoms. The summed E-state index contributed by atoms with van der Waals surface area (Å²) >= 11 is 0. The number of nitrogens with two attached hydrogens (primary N) is 1. The first-order valence-corrected chi connectivity index (χ1v) is 6.46. The largest absolute Gasteiger partial charge is 0.370 e. The lowest BCUT2D eigenvalue weighted by atomic mass is 10.1. The lowest BCUT2D eigenvalue weighted by Crippen LogP contribution is -2.31. The van der Waals surface area contributed by atoms with Crippen LogP contribution in [0.4, 0.5) is 0 Å². The molecule has 0 saturated heterocycles. The summed E-state index contributed by atoms with van der Waals surface area (Å²) in [4.78, 5) is 6.30. The van der Waals surface area contributed by atoms with Gasteiger partial charge in [0.15, 0.2) is 5.96 Å². The van der Waals surface area contributed by atoms with E-state index >= 15 is 0 Å². The van der Waals surface area contributed by atoms with E-state index in [1.54, 1.807) is 7.05 Å². The van der Waals surface area contributed by atoms with Crippen molar-refractivity contribution in [3.8, 4) is 0 Å². The summed E-state index contributed by atoms with van der Waals surface area (Å²) in [6, 6.07) is 8.45. The molecule has 0 aliphatic heterocycles. The molecule has 3 N–H and O–H groups in total. The molecule has 4 nitrogen and oxygen atoms in total. The smallest absolute Gasteiger partial charge is 0.188 e. The first kappa shape index (κ1) is 18.2. The van der Waals surface area contributed by atoms with E-state index in [-0.39, 0.29) is 24.0 Å². The van der Waals surface area contributed by atoms with E-state index in [1.165, 1.54) is 11.1 Å². The minimum absolute atomic E-state index is 0. The van der Waals surface area contributed by atoms with Crippen LogP contribution in [0.15, 0.2) is 29.3 Å². The number of rotatable bonds is 6. The number of guanidine groups is 1. The molecule has 0 unspecified atom stereocenters. The highest BCUT2D eigenvalue weighted by molar-refractivity contribution is 14.0. The van der Waals surface area contributed by atoms with Gasteiger partial charge in [-0.05, 0) is 24.2 Å². The molecule has 1 rings (SSSR count). The summed E-state index contributed by atoms with van der Waals surface area (Å²) in [5, 5.41) is 3.11. The molecule has 5 heteroatoms. The predicted molar refractivity (Wildman–Crippen MR) is 92.9 cm³/mol. The third-order valence-electron chi connectivity index (χ3n) is 3.11. The summed E-state index contributed by atoms with van der Waals surface area (Å²) in [6.07, 6.45) is 0. The fourth-order valence-electron chi connectivity index (χ4n) is 1.84. The zero-order valence-electron chi connectivity index (χ0n) is 12.0. The molecule has 0 heterocycles. The summed E-state index contributed by atoms with van der Waals surface area (Å²) in [5.41, 5.74) is 8.27.